The van der Waals surface area contributed by atoms with E-state index in [0.29, 0.717) is 28.5 Å². The SMILES string of the molecule is COC(=O)Cc1ccc2c(C(C)=O)cn(CC(=O)N3C4C[C@@H]4C[C@H]3C(=O)NCc3cccc(Cl)c3F)c2c1. The average Bonchev–Trinajstić information content (AvgIpc) is 3.40. The zero-order valence-electron chi connectivity index (χ0n) is 21.0. The summed E-state index contributed by atoms with van der Waals surface area (Å²) >= 11 is 5.84. The summed E-state index contributed by atoms with van der Waals surface area (Å²) in [4.78, 5) is 52.3. The second-order valence-electron chi connectivity index (χ2n) is 9.88. The molecule has 3 aromatic rings. The third-order valence-corrected chi connectivity index (χ3v) is 7.68. The lowest BCUT2D eigenvalue weighted by atomic mass is 10.1. The zero-order chi connectivity index (χ0) is 27.1. The van der Waals surface area contributed by atoms with Crippen molar-refractivity contribution >= 4 is 46.1 Å². The molecule has 5 rings (SSSR count). The van der Waals surface area contributed by atoms with Gasteiger partial charge in [0.15, 0.2) is 5.78 Å². The van der Waals surface area contributed by atoms with E-state index in [9.17, 15) is 23.6 Å². The monoisotopic (exact) mass is 539 g/mol. The van der Waals surface area contributed by atoms with E-state index >= 15 is 0 Å². The van der Waals surface area contributed by atoms with E-state index < -0.39 is 17.8 Å². The summed E-state index contributed by atoms with van der Waals surface area (Å²) in [6, 6.07) is 9.24. The molecule has 0 radical (unpaired) electrons. The molecule has 8 nitrogen and oxygen atoms in total. The number of fused-ring (bicyclic) bond motifs is 2. The van der Waals surface area contributed by atoms with Crippen LogP contribution in [0.3, 0.4) is 0 Å². The van der Waals surface area contributed by atoms with E-state index in [1.54, 1.807) is 46.0 Å². The lowest BCUT2D eigenvalue weighted by molar-refractivity contribution is -0.140. The first kappa shape index (κ1) is 25.9. The van der Waals surface area contributed by atoms with Gasteiger partial charge in [0.25, 0.3) is 0 Å². The van der Waals surface area contributed by atoms with Gasteiger partial charge in [-0.05, 0) is 43.4 Å². The van der Waals surface area contributed by atoms with Crippen LogP contribution in [0.4, 0.5) is 4.39 Å². The van der Waals surface area contributed by atoms with Gasteiger partial charge in [0.1, 0.15) is 18.4 Å². The molecule has 1 aromatic heterocycles. The first-order valence-electron chi connectivity index (χ1n) is 12.4. The Morgan fingerprint density at radius 2 is 1.95 bits per heavy atom. The number of aromatic nitrogens is 1. The predicted octanol–water partition coefficient (Wildman–Crippen LogP) is 3.66. The van der Waals surface area contributed by atoms with Crippen molar-refractivity contribution in [3.8, 4) is 0 Å². The highest BCUT2D eigenvalue weighted by Gasteiger charge is 2.55. The molecule has 2 aliphatic rings. The van der Waals surface area contributed by atoms with Crippen LogP contribution < -0.4 is 5.32 Å². The Morgan fingerprint density at radius 3 is 2.68 bits per heavy atom. The number of rotatable bonds is 8. The quantitative estimate of drug-likeness (QED) is 0.348. The molecule has 2 amide bonds. The second-order valence-corrected chi connectivity index (χ2v) is 10.3. The van der Waals surface area contributed by atoms with Crippen molar-refractivity contribution in [1.29, 1.82) is 0 Å². The van der Waals surface area contributed by atoms with Crippen molar-refractivity contribution in [3.05, 3.63) is 70.1 Å². The molecule has 1 saturated heterocycles. The minimum absolute atomic E-state index is 0.00912. The van der Waals surface area contributed by atoms with Crippen LogP contribution >= 0.6 is 11.6 Å². The Bertz CT molecular complexity index is 1470. The topological polar surface area (TPSA) is 97.7 Å². The van der Waals surface area contributed by atoms with Crippen LogP contribution in [-0.2, 0) is 38.6 Å². The first-order chi connectivity index (χ1) is 18.2. The van der Waals surface area contributed by atoms with Crippen LogP contribution in [0.1, 0.15) is 41.3 Å². The summed E-state index contributed by atoms with van der Waals surface area (Å²) in [5, 5.41) is 3.42. The van der Waals surface area contributed by atoms with Crippen molar-refractivity contribution < 1.29 is 28.3 Å². The third kappa shape index (κ3) is 4.90. The van der Waals surface area contributed by atoms with E-state index in [1.165, 1.54) is 20.1 Å². The summed E-state index contributed by atoms with van der Waals surface area (Å²) in [5.41, 5.74) is 2.08. The van der Waals surface area contributed by atoms with Crippen LogP contribution in [0.15, 0.2) is 42.6 Å². The number of methoxy groups -OCH3 is 1. The highest BCUT2D eigenvalue weighted by atomic mass is 35.5. The lowest BCUT2D eigenvalue weighted by Gasteiger charge is -2.27. The summed E-state index contributed by atoms with van der Waals surface area (Å²) in [7, 11) is 1.31. The molecule has 1 unspecified atom stereocenters. The molecule has 1 aliphatic carbocycles. The molecule has 10 heteroatoms. The number of piperidine rings is 1. The summed E-state index contributed by atoms with van der Waals surface area (Å²) in [5.74, 6) is -1.44. The second kappa shape index (κ2) is 10.2. The molecule has 1 saturated carbocycles. The maximum absolute atomic E-state index is 14.3. The number of esters is 1. The molecule has 38 heavy (non-hydrogen) atoms. The molecule has 1 aliphatic heterocycles. The van der Waals surface area contributed by atoms with Crippen molar-refractivity contribution in [2.45, 2.75) is 51.4 Å². The van der Waals surface area contributed by atoms with E-state index in [-0.39, 0.29) is 59.7 Å². The van der Waals surface area contributed by atoms with Crippen molar-refractivity contribution in [1.82, 2.24) is 14.8 Å². The van der Waals surface area contributed by atoms with E-state index in [2.05, 4.69) is 5.32 Å². The Labute approximate surface area is 223 Å². The number of hydrogen-bond acceptors (Lipinski definition) is 5. The van der Waals surface area contributed by atoms with Crippen LogP contribution in [0.5, 0.6) is 0 Å². The summed E-state index contributed by atoms with van der Waals surface area (Å²) < 4.78 is 20.7. The number of Topliss-reactive ketones (excluding diaryl/α,β-unsaturated/α-hetero) is 1. The van der Waals surface area contributed by atoms with Gasteiger partial charge in [-0.1, -0.05) is 35.9 Å². The van der Waals surface area contributed by atoms with E-state index in [0.717, 1.165) is 6.42 Å². The molecule has 2 aromatic carbocycles. The van der Waals surface area contributed by atoms with Gasteiger partial charge in [0.2, 0.25) is 11.8 Å². The number of likely N-dealkylation sites (tertiary alicyclic amines) is 1. The fourth-order valence-corrected chi connectivity index (χ4v) is 5.55. The van der Waals surface area contributed by atoms with Crippen LogP contribution in [0.2, 0.25) is 5.02 Å². The number of halogens is 2. The maximum atomic E-state index is 14.3. The first-order valence-corrected chi connectivity index (χ1v) is 12.8. The number of ketones is 1. The van der Waals surface area contributed by atoms with Gasteiger partial charge in [0.05, 0.1) is 18.6 Å². The van der Waals surface area contributed by atoms with Gasteiger partial charge in [-0.3, -0.25) is 19.2 Å². The molecule has 0 spiro atoms. The Kier molecular flexibility index (Phi) is 6.96. The standard InChI is InChI=1S/C28H27ClFN3O5/c1-15(34)20-13-32(23-8-16(6-7-19(20)23)9-26(36)38-2)14-25(35)33-22-10-18(22)11-24(33)28(37)31-12-17-4-3-5-21(29)27(17)30/h3-8,13,18,22,24H,9-12,14H2,1-2H3,(H,31,37)/t18-,22?,24+/m1/s1. The van der Waals surface area contributed by atoms with Crippen LogP contribution in [-0.4, -0.2) is 52.2 Å². The van der Waals surface area contributed by atoms with Gasteiger partial charge in [-0.15, -0.1) is 0 Å². The number of carbonyl (C=O) groups excluding carboxylic acids is 4. The number of amides is 2. The molecule has 2 fully saturated rings. The fourth-order valence-electron chi connectivity index (χ4n) is 5.36. The van der Waals surface area contributed by atoms with Crippen molar-refractivity contribution in [3.63, 3.8) is 0 Å². The molecule has 3 atom stereocenters. The lowest BCUT2D eigenvalue weighted by Crippen LogP contribution is -2.48. The third-order valence-electron chi connectivity index (χ3n) is 7.39. The van der Waals surface area contributed by atoms with Gasteiger partial charge >= 0.3 is 5.97 Å². The molecule has 1 N–H and O–H groups in total. The summed E-state index contributed by atoms with van der Waals surface area (Å²) in [6.45, 7) is 1.36. The smallest absolute Gasteiger partial charge is 0.309 e. The van der Waals surface area contributed by atoms with Crippen molar-refractivity contribution in [2.24, 2.45) is 5.92 Å². The van der Waals surface area contributed by atoms with Gasteiger partial charge in [-0.2, -0.15) is 0 Å². The fraction of sp³-hybridized carbons (Fsp3) is 0.357. The van der Waals surface area contributed by atoms with Crippen molar-refractivity contribution in [2.75, 3.05) is 7.11 Å². The number of ether oxygens (including phenoxy) is 1. The largest absolute Gasteiger partial charge is 0.469 e. The van der Waals surface area contributed by atoms with Gasteiger partial charge in [-0.25, -0.2) is 4.39 Å². The highest BCUT2D eigenvalue weighted by Crippen LogP contribution is 2.48. The van der Waals surface area contributed by atoms with Gasteiger partial charge < -0.3 is 19.5 Å². The highest BCUT2D eigenvalue weighted by molar-refractivity contribution is 6.30. The Balaban J connectivity index is 1.36. The van der Waals surface area contributed by atoms with Gasteiger partial charge in [0, 0.05) is 40.8 Å². The average molecular weight is 540 g/mol. The number of hydrogen-bond donors (Lipinski definition) is 1. The Hall–Kier alpha value is -3.72. The van der Waals surface area contributed by atoms with Crippen LogP contribution in [0, 0.1) is 11.7 Å². The molecular formula is C28H27ClFN3O5. The molecule has 0 bridgehead atoms. The molecular weight excluding hydrogens is 513 g/mol. The van der Waals surface area contributed by atoms with E-state index in [4.69, 9.17) is 16.3 Å². The number of benzene rings is 2. The maximum Gasteiger partial charge on any atom is 0.309 e. The minimum Gasteiger partial charge on any atom is -0.469 e. The molecule has 2 heterocycles. The number of nitrogens with one attached hydrogen (secondary N) is 1. The zero-order valence-corrected chi connectivity index (χ0v) is 21.8. The normalized spacial score (nSPS) is 19.8. The summed E-state index contributed by atoms with van der Waals surface area (Å²) in [6.07, 6.45) is 3.10. The van der Waals surface area contributed by atoms with E-state index in [1.807, 2.05) is 0 Å². The van der Waals surface area contributed by atoms with Crippen LogP contribution in [0.25, 0.3) is 10.9 Å². The molecule has 198 valence electrons. The predicted molar refractivity (Wildman–Crippen MR) is 138 cm³/mol. The Morgan fingerprint density at radius 1 is 1.16 bits per heavy atom. The number of carbonyl (C=O) groups is 4. The minimum atomic E-state index is -0.655. The number of nitrogens with zero attached hydrogens (tertiary/aromatic N) is 2.